The Labute approximate surface area is 133 Å². The van der Waals surface area contributed by atoms with Crippen molar-refractivity contribution < 1.29 is 0 Å². The van der Waals surface area contributed by atoms with Gasteiger partial charge in [0.1, 0.15) is 0 Å². The molecular weight excluding hydrogens is 309 g/mol. The number of thioether (sulfide) groups is 1. The van der Waals surface area contributed by atoms with Gasteiger partial charge in [-0.1, -0.05) is 41.4 Å². The van der Waals surface area contributed by atoms with E-state index in [4.69, 9.17) is 23.2 Å². The number of hydrogen-bond acceptors (Lipinski definition) is 2. The van der Waals surface area contributed by atoms with Crippen molar-refractivity contribution in [2.45, 2.75) is 24.3 Å². The van der Waals surface area contributed by atoms with Gasteiger partial charge in [0.05, 0.1) is 16.8 Å². The Bertz CT molecular complexity index is 642. The van der Waals surface area contributed by atoms with E-state index >= 15 is 0 Å². The topological polar surface area (TPSA) is 12.0 Å². The van der Waals surface area contributed by atoms with E-state index in [9.17, 15) is 0 Å². The van der Waals surface area contributed by atoms with Crippen molar-refractivity contribution in [3.05, 3.63) is 57.6 Å². The van der Waals surface area contributed by atoms with Crippen LogP contribution in [0.15, 0.2) is 41.3 Å². The molecule has 2 aromatic carbocycles. The van der Waals surface area contributed by atoms with Crippen LogP contribution in [0.4, 0.5) is 5.69 Å². The summed E-state index contributed by atoms with van der Waals surface area (Å²) in [6, 6.07) is 12.7. The average Bonchev–Trinajstić information content (AvgIpc) is 2.45. The molecule has 0 spiro atoms. The molecule has 104 valence electrons. The number of halogens is 2. The minimum Gasteiger partial charge on any atom is -0.377 e. The first-order valence-corrected chi connectivity index (χ1v) is 8.33. The SMILES string of the molecule is Cc1cc(Cl)c(NC2CCSc3ccccc32)cc1Cl. The van der Waals surface area contributed by atoms with Gasteiger partial charge in [-0.2, -0.15) is 0 Å². The normalized spacial score (nSPS) is 17.6. The van der Waals surface area contributed by atoms with Crippen LogP contribution in [-0.2, 0) is 0 Å². The maximum absolute atomic E-state index is 6.32. The number of aryl methyl sites for hydroxylation is 1. The molecule has 20 heavy (non-hydrogen) atoms. The van der Waals surface area contributed by atoms with Crippen molar-refractivity contribution in [3.63, 3.8) is 0 Å². The molecule has 1 N–H and O–H groups in total. The van der Waals surface area contributed by atoms with E-state index in [0.717, 1.165) is 33.5 Å². The second-order valence-electron chi connectivity index (χ2n) is 4.95. The molecule has 0 saturated carbocycles. The van der Waals surface area contributed by atoms with E-state index in [-0.39, 0.29) is 0 Å². The van der Waals surface area contributed by atoms with E-state index in [1.54, 1.807) is 0 Å². The first-order chi connectivity index (χ1) is 9.65. The van der Waals surface area contributed by atoms with Crippen LogP contribution in [-0.4, -0.2) is 5.75 Å². The van der Waals surface area contributed by atoms with E-state index in [2.05, 4.69) is 29.6 Å². The third-order valence-corrected chi connectivity index (χ3v) is 5.38. The van der Waals surface area contributed by atoms with Gasteiger partial charge >= 0.3 is 0 Å². The third-order valence-electron chi connectivity index (χ3n) is 3.54. The van der Waals surface area contributed by atoms with Gasteiger partial charge in [-0.3, -0.25) is 0 Å². The van der Waals surface area contributed by atoms with Crippen molar-refractivity contribution >= 4 is 40.7 Å². The molecule has 0 radical (unpaired) electrons. The molecular formula is C16H15Cl2NS. The molecule has 1 unspecified atom stereocenters. The summed E-state index contributed by atoms with van der Waals surface area (Å²) in [6.45, 7) is 1.96. The molecule has 0 amide bonds. The molecule has 0 bridgehead atoms. The quantitative estimate of drug-likeness (QED) is 0.732. The molecule has 1 aliphatic rings. The fourth-order valence-electron chi connectivity index (χ4n) is 2.44. The number of anilines is 1. The predicted octanol–water partition coefficient (Wildman–Crippen LogP) is 5.95. The van der Waals surface area contributed by atoms with Crippen molar-refractivity contribution in [3.8, 4) is 0 Å². The molecule has 1 nitrogen and oxygen atoms in total. The summed E-state index contributed by atoms with van der Waals surface area (Å²) in [7, 11) is 0. The highest BCUT2D eigenvalue weighted by atomic mass is 35.5. The van der Waals surface area contributed by atoms with Crippen molar-refractivity contribution in [2.75, 3.05) is 11.1 Å². The number of hydrogen-bond donors (Lipinski definition) is 1. The van der Waals surface area contributed by atoms with Gasteiger partial charge in [-0.15, -0.1) is 11.8 Å². The highest BCUT2D eigenvalue weighted by molar-refractivity contribution is 7.99. The minimum atomic E-state index is 0.295. The Morgan fingerprint density at radius 1 is 1.15 bits per heavy atom. The van der Waals surface area contributed by atoms with Gasteiger partial charge < -0.3 is 5.32 Å². The van der Waals surface area contributed by atoms with Gasteiger partial charge in [0.15, 0.2) is 0 Å². The van der Waals surface area contributed by atoms with E-state index in [1.165, 1.54) is 10.5 Å². The van der Waals surface area contributed by atoms with Crippen LogP contribution >= 0.6 is 35.0 Å². The smallest absolute Gasteiger partial charge is 0.0641 e. The Balaban J connectivity index is 1.91. The zero-order valence-electron chi connectivity index (χ0n) is 11.1. The van der Waals surface area contributed by atoms with E-state index in [0.29, 0.717) is 6.04 Å². The second kappa shape index (κ2) is 5.88. The highest BCUT2D eigenvalue weighted by Crippen LogP contribution is 2.39. The molecule has 1 heterocycles. The van der Waals surface area contributed by atoms with E-state index in [1.807, 2.05) is 30.8 Å². The van der Waals surface area contributed by atoms with Crippen LogP contribution in [0.2, 0.25) is 10.0 Å². The van der Waals surface area contributed by atoms with Crippen molar-refractivity contribution in [1.82, 2.24) is 0 Å². The maximum Gasteiger partial charge on any atom is 0.0641 e. The van der Waals surface area contributed by atoms with E-state index < -0.39 is 0 Å². The highest BCUT2D eigenvalue weighted by Gasteiger charge is 2.21. The molecule has 0 saturated heterocycles. The number of fused-ring (bicyclic) bond motifs is 1. The molecule has 1 aliphatic heterocycles. The second-order valence-corrected chi connectivity index (χ2v) is 6.90. The zero-order valence-corrected chi connectivity index (χ0v) is 13.4. The largest absolute Gasteiger partial charge is 0.377 e. The van der Waals surface area contributed by atoms with Gasteiger partial charge in [-0.25, -0.2) is 0 Å². The summed E-state index contributed by atoms with van der Waals surface area (Å²) in [5.74, 6) is 1.12. The summed E-state index contributed by atoms with van der Waals surface area (Å²) in [5.41, 5.74) is 3.26. The summed E-state index contributed by atoms with van der Waals surface area (Å²) in [6.07, 6.45) is 1.09. The molecule has 4 heteroatoms. The van der Waals surface area contributed by atoms with Gasteiger partial charge in [0, 0.05) is 15.7 Å². The maximum atomic E-state index is 6.32. The Hall–Kier alpha value is -0.830. The zero-order chi connectivity index (χ0) is 14.1. The number of nitrogens with one attached hydrogen (secondary N) is 1. The lowest BCUT2D eigenvalue weighted by Gasteiger charge is -2.27. The van der Waals surface area contributed by atoms with Gasteiger partial charge in [0.2, 0.25) is 0 Å². The lowest BCUT2D eigenvalue weighted by Crippen LogP contribution is -2.16. The van der Waals surface area contributed by atoms with Crippen LogP contribution in [0.25, 0.3) is 0 Å². The van der Waals surface area contributed by atoms with Crippen LogP contribution in [0, 0.1) is 6.92 Å². The third kappa shape index (κ3) is 2.78. The number of benzene rings is 2. The Morgan fingerprint density at radius 3 is 2.80 bits per heavy atom. The van der Waals surface area contributed by atoms with Gasteiger partial charge in [-0.05, 0) is 42.7 Å². The van der Waals surface area contributed by atoms with Crippen LogP contribution in [0.5, 0.6) is 0 Å². The molecule has 3 rings (SSSR count). The monoisotopic (exact) mass is 323 g/mol. The predicted molar refractivity (Wildman–Crippen MR) is 89.3 cm³/mol. The number of rotatable bonds is 2. The molecule has 1 atom stereocenters. The Morgan fingerprint density at radius 2 is 1.95 bits per heavy atom. The lowest BCUT2D eigenvalue weighted by molar-refractivity contribution is 0.728. The summed E-state index contributed by atoms with van der Waals surface area (Å²) in [4.78, 5) is 1.35. The van der Waals surface area contributed by atoms with Crippen LogP contribution in [0.1, 0.15) is 23.6 Å². The fourth-order valence-corrected chi connectivity index (χ4v) is 4.00. The molecule has 2 aromatic rings. The standard InChI is InChI=1S/C16H15Cl2NS/c1-10-8-13(18)15(9-12(10)17)19-14-6-7-20-16-5-3-2-4-11(14)16/h2-5,8-9,14,19H,6-7H2,1H3. The molecule has 0 fully saturated rings. The van der Waals surface area contributed by atoms with Crippen LogP contribution in [0.3, 0.4) is 0 Å². The summed E-state index contributed by atoms with van der Waals surface area (Å²) in [5, 5.41) is 5.01. The lowest BCUT2D eigenvalue weighted by atomic mass is 10.0. The Kier molecular flexibility index (Phi) is 4.16. The molecule has 0 aliphatic carbocycles. The summed E-state index contributed by atoms with van der Waals surface area (Å²) < 4.78 is 0. The van der Waals surface area contributed by atoms with Crippen LogP contribution < -0.4 is 5.32 Å². The average molecular weight is 324 g/mol. The first kappa shape index (κ1) is 14.1. The first-order valence-electron chi connectivity index (χ1n) is 6.59. The molecule has 0 aromatic heterocycles. The van der Waals surface area contributed by atoms with Crippen molar-refractivity contribution in [1.29, 1.82) is 0 Å². The summed E-state index contributed by atoms with van der Waals surface area (Å²) >= 11 is 14.4. The van der Waals surface area contributed by atoms with Gasteiger partial charge in [0.25, 0.3) is 0 Å². The van der Waals surface area contributed by atoms with Crippen molar-refractivity contribution in [2.24, 2.45) is 0 Å². The fraction of sp³-hybridized carbons (Fsp3) is 0.250. The minimum absolute atomic E-state index is 0.295.